The quantitative estimate of drug-likeness (QED) is 0.416. The summed E-state index contributed by atoms with van der Waals surface area (Å²) in [6, 6.07) is 6.80. The van der Waals surface area contributed by atoms with Crippen LogP contribution in [-0.4, -0.2) is 64.3 Å². The molecule has 36 heavy (non-hydrogen) atoms. The first-order valence-corrected chi connectivity index (χ1v) is 12.1. The number of anilines is 1. The number of hydrogen-bond acceptors (Lipinski definition) is 7. The fourth-order valence-electron chi connectivity index (χ4n) is 4.55. The van der Waals surface area contributed by atoms with Gasteiger partial charge in [-0.3, -0.25) is 4.79 Å². The monoisotopic (exact) mass is 530 g/mol. The lowest BCUT2D eigenvalue weighted by Crippen LogP contribution is -2.47. The van der Waals surface area contributed by atoms with Crippen molar-refractivity contribution in [3.63, 3.8) is 0 Å². The van der Waals surface area contributed by atoms with E-state index in [1.165, 1.54) is 20.3 Å². The molecule has 0 aliphatic carbocycles. The van der Waals surface area contributed by atoms with Crippen LogP contribution in [0.25, 0.3) is 22.0 Å². The summed E-state index contributed by atoms with van der Waals surface area (Å²) in [5, 5.41) is 15.4. The van der Waals surface area contributed by atoms with Gasteiger partial charge in [0.25, 0.3) is 0 Å². The minimum atomic E-state index is -1.05. The number of hydrogen-bond donors (Lipinski definition) is 2. The Morgan fingerprint density at radius 2 is 1.89 bits per heavy atom. The van der Waals surface area contributed by atoms with Gasteiger partial charge >= 0.3 is 0 Å². The van der Waals surface area contributed by atoms with Gasteiger partial charge in [0.05, 0.1) is 41.4 Å². The lowest BCUT2D eigenvalue weighted by molar-refractivity contribution is -0.131. The normalized spacial score (nSPS) is 17.8. The first-order valence-electron chi connectivity index (χ1n) is 11.4. The summed E-state index contributed by atoms with van der Waals surface area (Å²) in [6.45, 7) is 7.38. The summed E-state index contributed by atoms with van der Waals surface area (Å²) < 4.78 is 10.8. The summed E-state index contributed by atoms with van der Waals surface area (Å²) in [6.07, 6.45) is 3.53. The number of nitrogens with zero attached hydrogens (tertiary/aromatic N) is 3. The first kappa shape index (κ1) is 26.0. The Balaban J connectivity index is 1.62. The van der Waals surface area contributed by atoms with E-state index in [2.05, 4.69) is 21.9 Å². The largest absolute Gasteiger partial charge is 0.495 e. The van der Waals surface area contributed by atoms with Gasteiger partial charge < -0.3 is 24.8 Å². The zero-order valence-electron chi connectivity index (χ0n) is 20.5. The minimum Gasteiger partial charge on any atom is -0.495 e. The molecule has 2 atom stereocenters. The van der Waals surface area contributed by atoms with E-state index in [0.717, 1.165) is 16.5 Å². The summed E-state index contributed by atoms with van der Waals surface area (Å²) in [7, 11) is 3.06. The fraction of sp³-hybridized carbons (Fsp3) is 0.346. The van der Waals surface area contributed by atoms with Crippen molar-refractivity contribution in [2.24, 2.45) is 0 Å². The van der Waals surface area contributed by atoms with Crippen LogP contribution < -0.4 is 14.8 Å². The number of methoxy groups -OCH3 is 2. The van der Waals surface area contributed by atoms with Gasteiger partial charge in [0, 0.05) is 35.8 Å². The maximum Gasteiger partial charge on any atom is 0.246 e. The van der Waals surface area contributed by atoms with Gasteiger partial charge in [-0.25, -0.2) is 9.97 Å². The Hall–Kier alpha value is -3.07. The van der Waals surface area contributed by atoms with Gasteiger partial charge in [0.1, 0.15) is 11.5 Å². The molecule has 2 aromatic carbocycles. The number of halogens is 2. The van der Waals surface area contributed by atoms with Crippen molar-refractivity contribution >= 4 is 46.0 Å². The standard InChI is InChI=1S/C26H28Cl2N4O4/c1-6-21(33)32-13-16(10-20(32)26(2,3)34)30-25-29-12-15-9-14(7-8-17(15)31-25)22-23(27)18(35-4)11-19(36-5)24(22)28/h6-9,11-12,16,20,34H,1,10,13H2,2-5H3,(H,29,30,31)/t16-,20?/m1/s1. The van der Waals surface area contributed by atoms with E-state index in [4.69, 9.17) is 32.7 Å². The van der Waals surface area contributed by atoms with Crippen molar-refractivity contribution in [1.29, 1.82) is 0 Å². The van der Waals surface area contributed by atoms with E-state index in [-0.39, 0.29) is 18.0 Å². The molecule has 2 N–H and O–H groups in total. The summed E-state index contributed by atoms with van der Waals surface area (Å²) in [4.78, 5) is 23.1. The van der Waals surface area contributed by atoms with Crippen LogP contribution >= 0.6 is 23.2 Å². The molecule has 1 aliphatic heterocycles. The number of rotatable bonds is 7. The summed E-state index contributed by atoms with van der Waals surface area (Å²) in [5.41, 5.74) is 1.02. The summed E-state index contributed by atoms with van der Waals surface area (Å²) in [5.74, 6) is 1.12. The number of carbonyl (C=O) groups excluding carboxylic acids is 1. The van der Waals surface area contributed by atoms with Crippen molar-refractivity contribution in [1.82, 2.24) is 14.9 Å². The average molecular weight is 531 g/mol. The van der Waals surface area contributed by atoms with Crippen LogP contribution in [-0.2, 0) is 4.79 Å². The van der Waals surface area contributed by atoms with Gasteiger partial charge in [-0.2, -0.15) is 0 Å². The maximum atomic E-state index is 12.3. The van der Waals surface area contributed by atoms with E-state index in [9.17, 15) is 9.90 Å². The molecule has 1 fully saturated rings. The number of carbonyl (C=O) groups is 1. The second kappa shape index (κ2) is 10.1. The number of fused-ring (bicyclic) bond motifs is 1. The molecule has 0 radical (unpaired) electrons. The fourth-order valence-corrected chi connectivity index (χ4v) is 5.27. The number of amides is 1. The SMILES string of the molecule is C=CC(=O)N1C[C@H](Nc2ncc3cc(-c4c(Cl)c(OC)cc(OC)c4Cl)ccc3n2)CC1C(C)(C)O. The first-order chi connectivity index (χ1) is 17.1. The third-order valence-corrected chi connectivity index (χ3v) is 7.10. The van der Waals surface area contributed by atoms with Crippen molar-refractivity contribution in [2.45, 2.75) is 38.0 Å². The van der Waals surface area contributed by atoms with Crippen LogP contribution in [0.5, 0.6) is 11.5 Å². The number of likely N-dealkylation sites (tertiary alicyclic amines) is 1. The molecule has 1 saturated heterocycles. The third kappa shape index (κ3) is 4.93. The molecular formula is C26H28Cl2N4O4. The van der Waals surface area contributed by atoms with Crippen LogP contribution in [0, 0.1) is 0 Å². The molecule has 1 amide bonds. The number of ether oxygens (including phenoxy) is 2. The Labute approximate surface area is 219 Å². The molecular weight excluding hydrogens is 503 g/mol. The maximum absolute atomic E-state index is 12.3. The second-order valence-corrected chi connectivity index (χ2v) is 9.95. The van der Waals surface area contributed by atoms with Crippen LogP contribution in [0.15, 0.2) is 43.1 Å². The van der Waals surface area contributed by atoms with Crippen molar-refractivity contribution in [3.05, 3.63) is 53.2 Å². The number of nitrogens with one attached hydrogen (secondary N) is 1. The Morgan fingerprint density at radius 3 is 2.47 bits per heavy atom. The lowest BCUT2D eigenvalue weighted by atomic mass is 9.95. The Morgan fingerprint density at radius 1 is 1.22 bits per heavy atom. The zero-order chi connectivity index (χ0) is 26.2. The smallest absolute Gasteiger partial charge is 0.246 e. The van der Waals surface area contributed by atoms with Crippen molar-refractivity contribution in [2.75, 3.05) is 26.1 Å². The van der Waals surface area contributed by atoms with Crippen LogP contribution in [0.4, 0.5) is 5.95 Å². The highest BCUT2D eigenvalue weighted by atomic mass is 35.5. The molecule has 10 heteroatoms. The van der Waals surface area contributed by atoms with Gasteiger partial charge in [-0.05, 0) is 44.0 Å². The molecule has 1 aromatic heterocycles. The highest BCUT2D eigenvalue weighted by Crippen LogP contribution is 2.46. The topological polar surface area (TPSA) is 96.8 Å². The second-order valence-electron chi connectivity index (χ2n) is 9.19. The predicted molar refractivity (Wildman–Crippen MR) is 142 cm³/mol. The van der Waals surface area contributed by atoms with Crippen LogP contribution in [0.2, 0.25) is 10.0 Å². The van der Waals surface area contributed by atoms with Gasteiger partial charge in [-0.1, -0.05) is 35.8 Å². The molecule has 0 spiro atoms. The van der Waals surface area contributed by atoms with Gasteiger partial charge in [-0.15, -0.1) is 0 Å². The number of aromatic nitrogens is 2. The number of aliphatic hydroxyl groups is 1. The van der Waals surface area contributed by atoms with E-state index in [0.29, 0.717) is 46.0 Å². The molecule has 1 aliphatic rings. The molecule has 2 heterocycles. The molecule has 1 unspecified atom stereocenters. The predicted octanol–water partition coefficient (Wildman–Crippen LogP) is 4.96. The third-order valence-electron chi connectivity index (χ3n) is 6.35. The Bertz CT molecular complexity index is 1300. The van der Waals surface area contributed by atoms with Gasteiger partial charge in [0.2, 0.25) is 11.9 Å². The molecule has 3 aromatic rings. The van der Waals surface area contributed by atoms with Crippen LogP contribution in [0.1, 0.15) is 20.3 Å². The number of benzene rings is 2. The van der Waals surface area contributed by atoms with E-state index >= 15 is 0 Å². The van der Waals surface area contributed by atoms with E-state index in [1.807, 2.05) is 18.2 Å². The molecule has 0 saturated carbocycles. The Kier molecular flexibility index (Phi) is 7.31. The zero-order valence-corrected chi connectivity index (χ0v) is 22.0. The van der Waals surface area contributed by atoms with E-state index in [1.54, 1.807) is 31.0 Å². The van der Waals surface area contributed by atoms with E-state index < -0.39 is 5.60 Å². The molecule has 4 rings (SSSR count). The molecule has 8 nitrogen and oxygen atoms in total. The van der Waals surface area contributed by atoms with Crippen LogP contribution in [0.3, 0.4) is 0 Å². The van der Waals surface area contributed by atoms with Crippen molar-refractivity contribution in [3.8, 4) is 22.6 Å². The minimum absolute atomic E-state index is 0.121. The molecule has 0 bridgehead atoms. The average Bonchev–Trinajstić information content (AvgIpc) is 3.28. The molecule has 190 valence electrons. The summed E-state index contributed by atoms with van der Waals surface area (Å²) >= 11 is 13.2. The highest BCUT2D eigenvalue weighted by molar-refractivity contribution is 6.41. The highest BCUT2D eigenvalue weighted by Gasteiger charge is 2.42. The van der Waals surface area contributed by atoms with Gasteiger partial charge in [0.15, 0.2) is 0 Å². The van der Waals surface area contributed by atoms with Crippen molar-refractivity contribution < 1.29 is 19.4 Å². The lowest BCUT2D eigenvalue weighted by Gasteiger charge is -2.32.